The van der Waals surface area contributed by atoms with Crippen molar-refractivity contribution in [3.05, 3.63) is 35.9 Å². The average Bonchev–Trinajstić information content (AvgIpc) is 2.84. The van der Waals surface area contributed by atoms with E-state index >= 15 is 0 Å². The highest BCUT2D eigenvalue weighted by Gasteiger charge is 2.29. The van der Waals surface area contributed by atoms with Gasteiger partial charge in [-0.25, -0.2) is 9.59 Å². The molecular formula is C14H17N3O5. The lowest BCUT2D eigenvalue weighted by molar-refractivity contribution is -0.121. The number of urea groups is 1. The Kier molecular flexibility index (Phi) is 5.73. The zero-order valence-corrected chi connectivity index (χ0v) is 11.8. The molecule has 0 radical (unpaired) electrons. The third-order valence-corrected chi connectivity index (χ3v) is 2.87. The summed E-state index contributed by atoms with van der Waals surface area (Å²) in [4.78, 5) is 33.5. The van der Waals surface area contributed by atoms with Crippen LogP contribution in [-0.2, 0) is 20.9 Å². The number of alkyl carbamates (subject to hydrolysis) is 1. The van der Waals surface area contributed by atoms with E-state index in [1.165, 1.54) is 0 Å². The van der Waals surface area contributed by atoms with Crippen molar-refractivity contribution >= 4 is 18.0 Å². The Morgan fingerprint density at radius 1 is 1.23 bits per heavy atom. The molecule has 2 rings (SSSR count). The molecule has 1 unspecified atom stereocenters. The highest BCUT2D eigenvalue weighted by Crippen LogP contribution is 2.00. The maximum atomic E-state index is 11.4. The van der Waals surface area contributed by atoms with Crippen LogP contribution in [-0.4, -0.2) is 43.8 Å². The standard InChI is InChI=1S/C14H17N3O5/c18-12-11(16-13(19)17-12)9-21-7-6-15-14(20)22-8-10-4-2-1-3-5-10/h1-5,11H,6-9H2,(H,15,20)(H2,16,17,18,19). The highest BCUT2D eigenvalue weighted by atomic mass is 16.5. The van der Waals surface area contributed by atoms with E-state index in [1.54, 1.807) is 0 Å². The number of hydrogen-bond donors (Lipinski definition) is 3. The van der Waals surface area contributed by atoms with Crippen LogP contribution in [0.15, 0.2) is 30.3 Å². The molecule has 22 heavy (non-hydrogen) atoms. The Hall–Kier alpha value is -2.61. The van der Waals surface area contributed by atoms with Gasteiger partial charge < -0.3 is 20.1 Å². The van der Waals surface area contributed by atoms with E-state index in [1.807, 2.05) is 30.3 Å². The van der Waals surface area contributed by atoms with Crippen LogP contribution in [0.5, 0.6) is 0 Å². The Labute approximate surface area is 127 Å². The van der Waals surface area contributed by atoms with Gasteiger partial charge in [0.1, 0.15) is 12.6 Å². The minimum atomic E-state index is -0.683. The van der Waals surface area contributed by atoms with Gasteiger partial charge >= 0.3 is 12.1 Å². The molecule has 4 amide bonds. The van der Waals surface area contributed by atoms with Gasteiger partial charge in [-0.1, -0.05) is 30.3 Å². The van der Waals surface area contributed by atoms with E-state index in [-0.39, 0.29) is 26.4 Å². The van der Waals surface area contributed by atoms with Gasteiger partial charge in [0.2, 0.25) is 0 Å². The second-order valence-corrected chi connectivity index (χ2v) is 4.58. The Morgan fingerprint density at radius 3 is 2.68 bits per heavy atom. The maximum absolute atomic E-state index is 11.4. The van der Waals surface area contributed by atoms with E-state index in [2.05, 4.69) is 16.0 Å². The lowest BCUT2D eigenvalue weighted by Crippen LogP contribution is -2.35. The molecule has 8 nitrogen and oxygen atoms in total. The predicted molar refractivity (Wildman–Crippen MR) is 75.9 cm³/mol. The summed E-state index contributed by atoms with van der Waals surface area (Å²) in [7, 11) is 0. The quantitative estimate of drug-likeness (QED) is 0.491. The molecule has 0 aromatic heterocycles. The summed E-state index contributed by atoms with van der Waals surface area (Å²) in [5.74, 6) is -0.416. The summed E-state index contributed by atoms with van der Waals surface area (Å²) in [5.41, 5.74) is 0.900. The van der Waals surface area contributed by atoms with Crippen LogP contribution < -0.4 is 16.0 Å². The Morgan fingerprint density at radius 2 is 2.00 bits per heavy atom. The Balaban J connectivity index is 1.52. The molecule has 1 heterocycles. The molecule has 0 saturated carbocycles. The molecule has 0 spiro atoms. The second kappa shape index (κ2) is 7.99. The van der Waals surface area contributed by atoms with Crippen LogP contribution in [0.2, 0.25) is 0 Å². The molecule has 0 aliphatic carbocycles. The zero-order valence-electron chi connectivity index (χ0n) is 11.8. The molecule has 1 aliphatic rings. The fraction of sp³-hybridized carbons (Fsp3) is 0.357. The first-order chi connectivity index (χ1) is 10.6. The topological polar surface area (TPSA) is 106 Å². The SMILES string of the molecule is O=C1NC(=O)C(COCCNC(=O)OCc2ccccc2)N1. The van der Waals surface area contributed by atoms with Crippen molar-refractivity contribution in [2.75, 3.05) is 19.8 Å². The molecule has 1 atom stereocenters. The van der Waals surface area contributed by atoms with E-state index < -0.39 is 24.1 Å². The van der Waals surface area contributed by atoms with Crippen LogP contribution in [0.4, 0.5) is 9.59 Å². The average molecular weight is 307 g/mol. The summed E-state index contributed by atoms with van der Waals surface area (Å²) in [5, 5.41) is 7.03. The predicted octanol–water partition coefficient (Wildman–Crippen LogP) is 0.137. The number of benzene rings is 1. The van der Waals surface area contributed by atoms with Crippen molar-refractivity contribution in [1.82, 2.24) is 16.0 Å². The van der Waals surface area contributed by atoms with E-state index in [0.29, 0.717) is 0 Å². The summed E-state index contributed by atoms with van der Waals surface area (Å²) in [6, 6.07) is 8.12. The lowest BCUT2D eigenvalue weighted by Gasteiger charge is -2.09. The normalized spacial score (nSPS) is 16.8. The molecule has 8 heteroatoms. The molecule has 3 N–H and O–H groups in total. The maximum Gasteiger partial charge on any atom is 0.407 e. The van der Waals surface area contributed by atoms with Crippen LogP contribution in [0.3, 0.4) is 0 Å². The first-order valence-electron chi connectivity index (χ1n) is 6.79. The van der Waals surface area contributed by atoms with Gasteiger partial charge in [0.25, 0.3) is 5.91 Å². The van der Waals surface area contributed by atoms with Crippen LogP contribution in [0.25, 0.3) is 0 Å². The molecule has 1 fully saturated rings. The summed E-state index contributed by atoms with van der Waals surface area (Å²) < 4.78 is 10.2. The first-order valence-corrected chi connectivity index (χ1v) is 6.79. The van der Waals surface area contributed by atoms with Gasteiger partial charge in [0, 0.05) is 6.54 Å². The summed E-state index contributed by atoms with van der Waals surface area (Å²) in [6.07, 6.45) is -0.542. The molecule has 118 valence electrons. The molecule has 1 saturated heterocycles. The van der Waals surface area contributed by atoms with Gasteiger partial charge in [-0.15, -0.1) is 0 Å². The monoisotopic (exact) mass is 307 g/mol. The fourth-order valence-electron chi connectivity index (χ4n) is 1.78. The largest absolute Gasteiger partial charge is 0.445 e. The molecule has 0 bridgehead atoms. The van der Waals surface area contributed by atoms with E-state index in [4.69, 9.17) is 9.47 Å². The molecular weight excluding hydrogens is 290 g/mol. The van der Waals surface area contributed by atoms with E-state index in [9.17, 15) is 14.4 Å². The van der Waals surface area contributed by atoms with Crippen LogP contribution in [0, 0.1) is 0 Å². The number of rotatable bonds is 7. The molecule has 1 aliphatic heterocycles. The second-order valence-electron chi connectivity index (χ2n) is 4.58. The van der Waals surface area contributed by atoms with Gasteiger partial charge in [-0.3, -0.25) is 10.1 Å². The molecule has 1 aromatic rings. The van der Waals surface area contributed by atoms with Crippen LogP contribution in [0.1, 0.15) is 5.56 Å². The van der Waals surface area contributed by atoms with Crippen molar-refractivity contribution in [2.45, 2.75) is 12.6 Å². The van der Waals surface area contributed by atoms with Crippen molar-refractivity contribution < 1.29 is 23.9 Å². The number of hydrogen-bond acceptors (Lipinski definition) is 5. The number of ether oxygens (including phenoxy) is 2. The van der Waals surface area contributed by atoms with Crippen molar-refractivity contribution in [3.8, 4) is 0 Å². The van der Waals surface area contributed by atoms with Crippen molar-refractivity contribution in [2.24, 2.45) is 0 Å². The fourth-order valence-corrected chi connectivity index (χ4v) is 1.78. The van der Waals surface area contributed by atoms with Crippen molar-refractivity contribution in [1.29, 1.82) is 0 Å². The third-order valence-electron chi connectivity index (χ3n) is 2.87. The smallest absolute Gasteiger partial charge is 0.407 e. The van der Waals surface area contributed by atoms with Gasteiger partial charge in [-0.2, -0.15) is 0 Å². The minimum Gasteiger partial charge on any atom is -0.445 e. The third kappa shape index (κ3) is 5.06. The zero-order chi connectivity index (χ0) is 15.8. The minimum absolute atomic E-state index is 0.0539. The lowest BCUT2D eigenvalue weighted by atomic mass is 10.2. The van der Waals surface area contributed by atoms with Gasteiger partial charge in [-0.05, 0) is 5.56 Å². The van der Waals surface area contributed by atoms with Crippen LogP contribution >= 0.6 is 0 Å². The number of carbonyl (C=O) groups excluding carboxylic acids is 3. The summed E-state index contributed by atoms with van der Waals surface area (Å²) >= 11 is 0. The first kappa shape index (κ1) is 15.8. The van der Waals surface area contributed by atoms with Gasteiger partial charge in [0.05, 0.1) is 13.2 Å². The van der Waals surface area contributed by atoms with E-state index in [0.717, 1.165) is 5.56 Å². The number of nitrogens with one attached hydrogen (secondary N) is 3. The Bertz CT molecular complexity index is 535. The van der Waals surface area contributed by atoms with Gasteiger partial charge in [0.15, 0.2) is 0 Å². The summed E-state index contributed by atoms with van der Waals surface area (Å²) in [6.45, 7) is 0.704. The number of amides is 4. The highest BCUT2D eigenvalue weighted by molar-refractivity contribution is 6.04. The van der Waals surface area contributed by atoms with Crippen molar-refractivity contribution in [3.63, 3.8) is 0 Å². The number of carbonyl (C=O) groups is 3. The molecule has 1 aromatic carbocycles. The number of imide groups is 1.